The number of Topliss-reactive ketones (excluding diaryl/α,β-unsaturated/α-hetero) is 1. The molecule has 158 valence electrons. The van der Waals surface area contributed by atoms with Gasteiger partial charge in [0.2, 0.25) is 5.78 Å². The Morgan fingerprint density at radius 2 is 2.00 bits per heavy atom. The molecule has 0 fully saturated rings. The van der Waals surface area contributed by atoms with Gasteiger partial charge in [-0.05, 0) is 49.2 Å². The SMILES string of the molecule is COc1ccccc1CCN1COc2ccc3c(c2C1)O/C(=C\c1ccc(C)o1)C3=O. The van der Waals surface area contributed by atoms with Gasteiger partial charge in [0.15, 0.2) is 5.76 Å². The van der Waals surface area contributed by atoms with Crippen LogP contribution in [0.4, 0.5) is 0 Å². The summed E-state index contributed by atoms with van der Waals surface area (Å²) in [5.74, 6) is 3.73. The molecule has 0 N–H and O–H groups in total. The Balaban J connectivity index is 1.36. The van der Waals surface area contributed by atoms with Crippen molar-refractivity contribution in [1.82, 2.24) is 4.90 Å². The van der Waals surface area contributed by atoms with Gasteiger partial charge in [-0.3, -0.25) is 9.69 Å². The van der Waals surface area contributed by atoms with E-state index in [0.717, 1.165) is 41.4 Å². The van der Waals surface area contributed by atoms with Gasteiger partial charge >= 0.3 is 0 Å². The maximum Gasteiger partial charge on any atom is 0.232 e. The van der Waals surface area contributed by atoms with Gasteiger partial charge in [-0.2, -0.15) is 0 Å². The predicted octanol–water partition coefficient (Wildman–Crippen LogP) is 4.61. The monoisotopic (exact) mass is 417 g/mol. The second-order valence-corrected chi connectivity index (χ2v) is 7.69. The molecule has 0 saturated heterocycles. The second kappa shape index (κ2) is 7.96. The van der Waals surface area contributed by atoms with E-state index in [1.807, 2.05) is 43.3 Å². The number of fused-ring (bicyclic) bond motifs is 3. The normalized spacial score (nSPS) is 16.6. The fraction of sp³-hybridized carbons (Fsp3) is 0.240. The number of para-hydroxylation sites is 1. The minimum atomic E-state index is -0.141. The summed E-state index contributed by atoms with van der Waals surface area (Å²) in [5.41, 5.74) is 2.61. The van der Waals surface area contributed by atoms with Crippen molar-refractivity contribution in [1.29, 1.82) is 0 Å². The van der Waals surface area contributed by atoms with E-state index in [1.54, 1.807) is 19.3 Å². The van der Waals surface area contributed by atoms with Gasteiger partial charge in [-0.25, -0.2) is 0 Å². The molecular formula is C25H23NO5. The average molecular weight is 417 g/mol. The molecule has 6 heteroatoms. The Morgan fingerprint density at radius 3 is 2.81 bits per heavy atom. The minimum Gasteiger partial charge on any atom is -0.496 e. The van der Waals surface area contributed by atoms with Crippen molar-refractivity contribution in [2.45, 2.75) is 19.9 Å². The number of furan rings is 1. The molecule has 3 aromatic rings. The molecule has 0 atom stereocenters. The van der Waals surface area contributed by atoms with Crippen molar-refractivity contribution in [2.75, 3.05) is 20.4 Å². The fourth-order valence-corrected chi connectivity index (χ4v) is 4.00. The van der Waals surface area contributed by atoms with Crippen LogP contribution in [0.5, 0.6) is 17.2 Å². The topological polar surface area (TPSA) is 61.1 Å². The van der Waals surface area contributed by atoms with Crippen LogP contribution in [0.25, 0.3) is 6.08 Å². The van der Waals surface area contributed by atoms with E-state index < -0.39 is 0 Å². The molecule has 3 heterocycles. The highest BCUT2D eigenvalue weighted by molar-refractivity contribution is 6.14. The summed E-state index contributed by atoms with van der Waals surface area (Å²) in [4.78, 5) is 15.0. The molecule has 0 aliphatic carbocycles. The van der Waals surface area contributed by atoms with E-state index in [2.05, 4.69) is 11.0 Å². The molecule has 0 bridgehead atoms. The van der Waals surface area contributed by atoms with Crippen LogP contribution in [0.15, 0.2) is 58.7 Å². The third kappa shape index (κ3) is 3.70. The Bertz CT molecular complexity index is 1180. The lowest BCUT2D eigenvalue weighted by Gasteiger charge is -2.29. The van der Waals surface area contributed by atoms with Crippen LogP contribution >= 0.6 is 0 Å². The lowest BCUT2D eigenvalue weighted by Crippen LogP contribution is -2.33. The number of hydrogen-bond donors (Lipinski definition) is 0. The molecule has 1 aromatic heterocycles. The molecule has 0 unspecified atom stereocenters. The number of nitrogens with zero attached hydrogens (tertiary/aromatic N) is 1. The first-order chi connectivity index (χ1) is 15.1. The summed E-state index contributed by atoms with van der Waals surface area (Å²) in [6.45, 7) is 3.80. The molecule has 5 rings (SSSR count). The number of hydrogen-bond acceptors (Lipinski definition) is 6. The van der Waals surface area contributed by atoms with E-state index in [0.29, 0.717) is 30.3 Å². The van der Waals surface area contributed by atoms with E-state index in [4.69, 9.17) is 18.6 Å². The standard InChI is InChI=1S/C25H23NO5/c1-16-7-8-18(30-16)13-23-24(27)19-9-10-22-20(25(19)31-23)14-26(15-29-22)12-11-17-5-3-4-6-21(17)28-2/h3-10,13H,11-12,14-15H2,1-2H3/b23-13-. The van der Waals surface area contributed by atoms with Crippen LogP contribution in [-0.4, -0.2) is 31.1 Å². The summed E-state index contributed by atoms with van der Waals surface area (Å²) < 4.78 is 23.0. The van der Waals surface area contributed by atoms with E-state index >= 15 is 0 Å². The van der Waals surface area contributed by atoms with Gasteiger partial charge in [-0.15, -0.1) is 0 Å². The Labute approximate surface area is 180 Å². The molecule has 0 spiro atoms. The smallest absolute Gasteiger partial charge is 0.232 e. The van der Waals surface area contributed by atoms with Gasteiger partial charge in [0.05, 0.1) is 18.2 Å². The van der Waals surface area contributed by atoms with E-state index in [-0.39, 0.29) is 11.5 Å². The van der Waals surface area contributed by atoms with Crippen molar-refractivity contribution in [3.05, 3.63) is 82.5 Å². The van der Waals surface area contributed by atoms with E-state index in [9.17, 15) is 4.79 Å². The van der Waals surface area contributed by atoms with Crippen molar-refractivity contribution < 1.29 is 23.4 Å². The summed E-state index contributed by atoms with van der Waals surface area (Å²) in [5, 5.41) is 0. The number of aryl methyl sites for hydroxylation is 1. The summed E-state index contributed by atoms with van der Waals surface area (Å²) >= 11 is 0. The third-order valence-corrected chi connectivity index (χ3v) is 5.61. The second-order valence-electron chi connectivity index (χ2n) is 7.69. The molecule has 2 aromatic carbocycles. The van der Waals surface area contributed by atoms with Crippen LogP contribution in [0, 0.1) is 6.92 Å². The average Bonchev–Trinajstić information content (AvgIpc) is 3.35. The lowest BCUT2D eigenvalue weighted by molar-refractivity contribution is 0.0948. The number of allylic oxidation sites excluding steroid dienone is 1. The minimum absolute atomic E-state index is 0.141. The van der Waals surface area contributed by atoms with Crippen LogP contribution in [-0.2, 0) is 13.0 Å². The molecule has 0 amide bonds. The van der Waals surface area contributed by atoms with Gasteiger partial charge in [-0.1, -0.05) is 18.2 Å². The van der Waals surface area contributed by atoms with E-state index in [1.165, 1.54) is 0 Å². The highest BCUT2D eigenvalue weighted by Gasteiger charge is 2.33. The molecule has 31 heavy (non-hydrogen) atoms. The van der Waals surface area contributed by atoms with Crippen LogP contribution < -0.4 is 14.2 Å². The highest BCUT2D eigenvalue weighted by atomic mass is 16.5. The zero-order chi connectivity index (χ0) is 21.4. The summed E-state index contributed by atoms with van der Waals surface area (Å²) in [6, 6.07) is 15.3. The number of benzene rings is 2. The quantitative estimate of drug-likeness (QED) is 0.565. The predicted molar refractivity (Wildman–Crippen MR) is 115 cm³/mol. The number of ketones is 1. The maximum absolute atomic E-state index is 12.9. The lowest BCUT2D eigenvalue weighted by atomic mass is 10.0. The molecule has 6 nitrogen and oxygen atoms in total. The molecular weight excluding hydrogens is 394 g/mol. The van der Waals surface area contributed by atoms with Crippen molar-refractivity contribution in [3.8, 4) is 17.2 Å². The van der Waals surface area contributed by atoms with Crippen LogP contribution in [0.3, 0.4) is 0 Å². The molecule has 0 saturated carbocycles. The van der Waals surface area contributed by atoms with Crippen molar-refractivity contribution in [3.63, 3.8) is 0 Å². The number of ether oxygens (including phenoxy) is 3. The number of carbonyl (C=O) groups excluding carboxylic acids is 1. The zero-order valence-corrected chi connectivity index (χ0v) is 17.5. The number of rotatable bonds is 5. The van der Waals surface area contributed by atoms with Crippen LogP contribution in [0.2, 0.25) is 0 Å². The number of carbonyl (C=O) groups is 1. The maximum atomic E-state index is 12.9. The Kier molecular flexibility index (Phi) is 5.00. The third-order valence-electron chi connectivity index (χ3n) is 5.61. The van der Waals surface area contributed by atoms with Gasteiger partial charge in [0.25, 0.3) is 0 Å². The molecule has 2 aliphatic rings. The largest absolute Gasteiger partial charge is 0.496 e. The highest BCUT2D eigenvalue weighted by Crippen LogP contribution is 2.42. The van der Waals surface area contributed by atoms with Crippen molar-refractivity contribution in [2.24, 2.45) is 0 Å². The first kappa shape index (κ1) is 19.5. The molecule has 0 radical (unpaired) electrons. The zero-order valence-electron chi connectivity index (χ0n) is 17.5. The first-order valence-corrected chi connectivity index (χ1v) is 10.3. The Morgan fingerprint density at radius 1 is 1.13 bits per heavy atom. The van der Waals surface area contributed by atoms with Crippen LogP contribution in [0.1, 0.15) is 33.0 Å². The Hall–Kier alpha value is -3.51. The fourth-order valence-electron chi connectivity index (χ4n) is 4.00. The summed E-state index contributed by atoms with van der Waals surface area (Å²) in [7, 11) is 1.69. The molecule has 2 aliphatic heterocycles. The first-order valence-electron chi connectivity index (χ1n) is 10.3. The van der Waals surface area contributed by atoms with Crippen molar-refractivity contribution >= 4 is 11.9 Å². The van der Waals surface area contributed by atoms with Gasteiger partial charge < -0.3 is 18.6 Å². The van der Waals surface area contributed by atoms with Gasteiger partial charge in [0.1, 0.15) is 35.5 Å². The number of methoxy groups -OCH3 is 1. The van der Waals surface area contributed by atoms with Gasteiger partial charge in [0, 0.05) is 19.2 Å². The summed E-state index contributed by atoms with van der Waals surface area (Å²) in [6.07, 6.45) is 2.48.